The molecule has 2 aliphatic rings. The fourth-order valence-electron chi connectivity index (χ4n) is 3.70. The number of urea groups is 1. The van der Waals surface area contributed by atoms with E-state index < -0.39 is 17.8 Å². The molecule has 0 spiro atoms. The average molecular weight is 458 g/mol. The highest BCUT2D eigenvalue weighted by atomic mass is 79.9. The molecule has 8 heteroatoms. The molecule has 2 aliphatic heterocycles. The fourth-order valence-corrected chi connectivity index (χ4v) is 4.25. The molecule has 1 aromatic carbocycles. The van der Waals surface area contributed by atoms with E-state index in [1.54, 1.807) is 18.2 Å². The molecule has 29 heavy (non-hydrogen) atoms. The summed E-state index contributed by atoms with van der Waals surface area (Å²) in [5.74, 6) is -0.373. The first-order valence-corrected chi connectivity index (χ1v) is 10.2. The zero-order valence-electron chi connectivity index (χ0n) is 16.1. The maximum absolute atomic E-state index is 13.0. The molecule has 4 rings (SSSR count). The average Bonchev–Trinajstić information content (AvgIpc) is 3.27. The number of aryl methyl sites for hydroxylation is 2. The lowest BCUT2D eigenvalue weighted by Crippen LogP contribution is -2.54. The second-order valence-electron chi connectivity index (χ2n) is 7.30. The lowest BCUT2D eigenvalue weighted by Gasteiger charge is -2.26. The van der Waals surface area contributed by atoms with Crippen LogP contribution < -0.4 is 15.1 Å². The van der Waals surface area contributed by atoms with E-state index >= 15 is 0 Å². The summed E-state index contributed by atoms with van der Waals surface area (Å²) < 4.78 is 6.63. The van der Waals surface area contributed by atoms with Gasteiger partial charge in [-0.05, 0) is 72.0 Å². The number of anilines is 2. The number of nitrogens with zero attached hydrogens (tertiary/aromatic N) is 2. The number of imide groups is 2. The Kier molecular flexibility index (Phi) is 5.04. The van der Waals surface area contributed by atoms with E-state index in [1.165, 1.54) is 6.08 Å². The molecule has 1 N–H and O–H groups in total. The molecule has 7 nitrogen and oxygen atoms in total. The van der Waals surface area contributed by atoms with Gasteiger partial charge in [0.25, 0.3) is 11.8 Å². The third-order valence-electron chi connectivity index (χ3n) is 4.93. The first-order valence-electron chi connectivity index (χ1n) is 9.37. The molecule has 2 aromatic rings. The minimum Gasteiger partial charge on any atom is -0.440 e. The zero-order valence-corrected chi connectivity index (χ0v) is 17.7. The van der Waals surface area contributed by atoms with E-state index in [4.69, 9.17) is 4.42 Å². The Morgan fingerprint density at radius 1 is 1.03 bits per heavy atom. The van der Waals surface area contributed by atoms with Gasteiger partial charge in [0, 0.05) is 19.2 Å². The van der Waals surface area contributed by atoms with Gasteiger partial charge in [-0.1, -0.05) is 6.07 Å². The third-order valence-corrected chi connectivity index (χ3v) is 5.50. The summed E-state index contributed by atoms with van der Waals surface area (Å²) in [6.07, 6.45) is 3.57. The first kappa shape index (κ1) is 19.4. The Morgan fingerprint density at radius 2 is 1.69 bits per heavy atom. The van der Waals surface area contributed by atoms with E-state index in [9.17, 15) is 14.4 Å². The SMILES string of the molecule is Cc1cc(C)cc(N2C(=O)NC(=O)/C(=C\c3cc(Br)c(N4CCCC4)o3)C2=O)c1. The number of carbonyl (C=O) groups is 3. The van der Waals surface area contributed by atoms with Crippen molar-refractivity contribution in [1.29, 1.82) is 0 Å². The van der Waals surface area contributed by atoms with Gasteiger partial charge in [0.15, 0.2) is 0 Å². The predicted molar refractivity (Wildman–Crippen MR) is 113 cm³/mol. The van der Waals surface area contributed by atoms with Crippen molar-refractivity contribution in [3.63, 3.8) is 0 Å². The summed E-state index contributed by atoms with van der Waals surface area (Å²) in [6, 6.07) is 6.36. The molecule has 1 aromatic heterocycles. The van der Waals surface area contributed by atoms with Gasteiger partial charge in [-0.2, -0.15) is 0 Å². The van der Waals surface area contributed by atoms with Gasteiger partial charge < -0.3 is 9.32 Å². The number of carbonyl (C=O) groups excluding carboxylic acids is 3. The Morgan fingerprint density at radius 3 is 2.34 bits per heavy atom. The summed E-state index contributed by atoms with van der Waals surface area (Å²) >= 11 is 3.48. The van der Waals surface area contributed by atoms with Crippen molar-refractivity contribution in [2.75, 3.05) is 22.9 Å². The van der Waals surface area contributed by atoms with Crippen LogP contribution in [0.5, 0.6) is 0 Å². The molecule has 150 valence electrons. The maximum atomic E-state index is 13.0. The number of nitrogens with one attached hydrogen (secondary N) is 1. The topological polar surface area (TPSA) is 82.9 Å². The monoisotopic (exact) mass is 457 g/mol. The summed E-state index contributed by atoms with van der Waals surface area (Å²) in [5, 5.41) is 2.24. The van der Waals surface area contributed by atoms with E-state index in [1.807, 2.05) is 19.9 Å². The van der Waals surface area contributed by atoms with Gasteiger partial charge in [0.05, 0.1) is 10.2 Å². The Balaban J connectivity index is 1.69. The highest BCUT2D eigenvalue weighted by molar-refractivity contribution is 9.10. The van der Waals surface area contributed by atoms with Crippen molar-refractivity contribution in [2.24, 2.45) is 0 Å². The van der Waals surface area contributed by atoms with Crippen LogP contribution in [0.1, 0.15) is 29.7 Å². The number of benzene rings is 1. The molecule has 0 radical (unpaired) electrons. The van der Waals surface area contributed by atoms with Crippen molar-refractivity contribution in [3.05, 3.63) is 51.2 Å². The Hall–Kier alpha value is -2.87. The highest BCUT2D eigenvalue weighted by Crippen LogP contribution is 2.34. The number of barbiturate groups is 1. The minimum atomic E-state index is -0.763. The van der Waals surface area contributed by atoms with Gasteiger partial charge in [-0.3, -0.25) is 14.9 Å². The second kappa shape index (κ2) is 7.51. The van der Waals surface area contributed by atoms with Crippen LogP contribution in [0.4, 0.5) is 16.4 Å². The number of halogens is 1. The van der Waals surface area contributed by atoms with Crippen molar-refractivity contribution in [1.82, 2.24) is 5.32 Å². The summed E-state index contributed by atoms with van der Waals surface area (Å²) in [7, 11) is 0. The van der Waals surface area contributed by atoms with Crippen molar-refractivity contribution < 1.29 is 18.8 Å². The van der Waals surface area contributed by atoms with Gasteiger partial charge in [-0.25, -0.2) is 9.69 Å². The van der Waals surface area contributed by atoms with Gasteiger partial charge in [0.2, 0.25) is 5.88 Å². The molecular formula is C21H20BrN3O4. The van der Waals surface area contributed by atoms with Crippen LogP contribution in [0, 0.1) is 13.8 Å². The van der Waals surface area contributed by atoms with E-state index in [-0.39, 0.29) is 5.57 Å². The number of amides is 4. The molecule has 0 unspecified atom stereocenters. The van der Waals surface area contributed by atoms with Crippen LogP contribution >= 0.6 is 15.9 Å². The van der Waals surface area contributed by atoms with Crippen molar-refractivity contribution >= 4 is 51.4 Å². The molecule has 0 atom stereocenters. The fraction of sp³-hybridized carbons (Fsp3) is 0.286. The first-order chi connectivity index (χ1) is 13.8. The Labute approximate surface area is 176 Å². The molecule has 2 saturated heterocycles. The summed E-state index contributed by atoms with van der Waals surface area (Å²) in [5.41, 5.74) is 2.08. The van der Waals surface area contributed by atoms with Crippen LogP contribution in [0.2, 0.25) is 0 Å². The van der Waals surface area contributed by atoms with Crippen LogP contribution in [-0.4, -0.2) is 30.9 Å². The molecular weight excluding hydrogens is 438 g/mol. The van der Waals surface area contributed by atoms with Crippen LogP contribution in [0.15, 0.2) is 38.7 Å². The van der Waals surface area contributed by atoms with Crippen LogP contribution in [0.3, 0.4) is 0 Å². The van der Waals surface area contributed by atoms with E-state index in [0.717, 1.165) is 46.4 Å². The molecule has 0 bridgehead atoms. The lowest BCUT2D eigenvalue weighted by atomic mass is 10.1. The largest absolute Gasteiger partial charge is 0.440 e. The Bertz CT molecular complexity index is 1030. The summed E-state index contributed by atoms with van der Waals surface area (Å²) in [4.78, 5) is 40.9. The summed E-state index contributed by atoms with van der Waals surface area (Å²) in [6.45, 7) is 5.56. The highest BCUT2D eigenvalue weighted by Gasteiger charge is 2.37. The molecule has 0 aliphatic carbocycles. The number of hydrogen-bond acceptors (Lipinski definition) is 5. The van der Waals surface area contributed by atoms with Gasteiger partial charge in [0.1, 0.15) is 11.3 Å². The van der Waals surface area contributed by atoms with Crippen LogP contribution in [-0.2, 0) is 9.59 Å². The smallest absolute Gasteiger partial charge is 0.335 e. The molecule has 4 amide bonds. The minimum absolute atomic E-state index is 0.155. The van der Waals surface area contributed by atoms with Gasteiger partial charge >= 0.3 is 6.03 Å². The van der Waals surface area contributed by atoms with E-state index in [0.29, 0.717) is 17.3 Å². The number of hydrogen-bond donors (Lipinski definition) is 1. The van der Waals surface area contributed by atoms with Crippen LogP contribution in [0.25, 0.3) is 6.08 Å². The number of rotatable bonds is 3. The van der Waals surface area contributed by atoms with Crippen molar-refractivity contribution in [3.8, 4) is 0 Å². The number of furan rings is 1. The zero-order chi connectivity index (χ0) is 20.7. The molecule has 3 heterocycles. The normalized spacial score (nSPS) is 18.7. The second-order valence-corrected chi connectivity index (χ2v) is 8.15. The maximum Gasteiger partial charge on any atom is 0.335 e. The van der Waals surface area contributed by atoms with Crippen molar-refractivity contribution in [2.45, 2.75) is 26.7 Å². The molecule has 0 saturated carbocycles. The lowest BCUT2D eigenvalue weighted by molar-refractivity contribution is -0.122. The van der Waals surface area contributed by atoms with E-state index in [2.05, 4.69) is 26.1 Å². The predicted octanol–water partition coefficient (Wildman–Crippen LogP) is 3.93. The molecule has 2 fully saturated rings. The standard InChI is InChI=1S/C21H20BrN3O4/c1-12-7-13(2)9-14(8-12)25-19(27)16(18(26)23-21(25)28)10-15-11-17(22)20(29-15)24-5-3-4-6-24/h7-11H,3-6H2,1-2H3,(H,23,26,28)/b16-10+. The third kappa shape index (κ3) is 3.72. The quantitative estimate of drug-likeness (QED) is 0.557. The van der Waals surface area contributed by atoms with Gasteiger partial charge in [-0.15, -0.1) is 0 Å².